The number of hydrogen-bond donors (Lipinski definition) is 2. The first-order chi connectivity index (χ1) is 12.3. The van der Waals surface area contributed by atoms with Gasteiger partial charge in [0.2, 0.25) is 12.8 Å². The second-order valence-corrected chi connectivity index (χ2v) is 5.82. The van der Waals surface area contributed by atoms with Gasteiger partial charge in [-0.2, -0.15) is 4.99 Å². The van der Waals surface area contributed by atoms with Crippen LogP contribution in [0.25, 0.3) is 0 Å². The van der Waals surface area contributed by atoms with E-state index in [0.717, 1.165) is 12.1 Å². The maximum absolute atomic E-state index is 13.7. The van der Waals surface area contributed by atoms with Crippen molar-refractivity contribution >= 4 is 33.5 Å². The number of amides is 2. The van der Waals surface area contributed by atoms with Crippen LogP contribution in [0, 0.1) is 11.6 Å². The van der Waals surface area contributed by atoms with Crippen LogP contribution in [0.3, 0.4) is 0 Å². The minimum absolute atomic E-state index is 0.0944. The third-order valence-corrected chi connectivity index (χ3v) is 3.27. The van der Waals surface area contributed by atoms with Crippen LogP contribution in [0.15, 0.2) is 45.6 Å². The molecule has 142 valence electrons. The molecule has 1 aromatic rings. The summed E-state index contributed by atoms with van der Waals surface area (Å²) in [6.07, 6.45) is 1.37. The smallest absolute Gasteiger partial charge is 0.324 e. The Morgan fingerprint density at radius 3 is 2.50 bits per heavy atom. The molecule has 0 aromatic heterocycles. The first-order valence-electron chi connectivity index (χ1n) is 7.18. The Morgan fingerprint density at radius 1 is 1.35 bits per heavy atom. The van der Waals surface area contributed by atoms with Crippen molar-refractivity contribution in [2.45, 2.75) is 13.3 Å². The van der Waals surface area contributed by atoms with Gasteiger partial charge in [-0.15, -0.1) is 0 Å². The van der Waals surface area contributed by atoms with E-state index < -0.39 is 36.9 Å². The van der Waals surface area contributed by atoms with Gasteiger partial charge in [-0.05, 0) is 31.6 Å². The van der Waals surface area contributed by atoms with Crippen molar-refractivity contribution in [1.29, 1.82) is 0 Å². The number of halogens is 5. The Bertz CT molecular complexity index is 715. The predicted molar refractivity (Wildman–Crippen MR) is 94.2 cm³/mol. The molecule has 0 atom stereocenters. The van der Waals surface area contributed by atoms with Gasteiger partial charge < -0.3 is 10.1 Å². The van der Waals surface area contributed by atoms with E-state index in [4.69, 9.17) is 0 Å². The van der Waals surface area contributed by atoms with Gasteiger partial charge >= 0.3 is 6.03 Å². The number of urea groups is 1. The summed E-state index contributed by atoms with van der Waals surface area (Å²) in [5.41, 5.74) is -0.141. The van der Waals surface area contributed by atoms with Gasteiger partial charge in [0.15, 0.2) is 11.6 Å². The number of benzene rings is 1. The lowest BCUT2D eigenvalue weighted by Gasteiger charge is -2.10. The second kappa shape index (κ2) is 10.6. The number of anilines is 1. The summed E-state index contributed by atoms with van der Waals surface area (Å²) in [5, 5.41) is 4.08. The molecule has 0 aliphatic heterocycles. The number of allylic oxidation sites excluding steroid dienone is 1. The first kappa shape index (κ1) is 21.7. The average molecular weight is 438 g/mol. The van der Waals surface area contributed by atoms with Crippen LogP contribution >= 0.6 is 15.9 Å². The van der Waals surface area contributed by atoms with Gasteiger partial charge in [0, 0.05) is 4.47 Å². The maximum atomic E-state index is 13.7. The summed E-state index contributed by atoms with van der Waals surface area (Å²) < 4.78 is 56.8. The fourth-order valence-corrected chi connectivity index (χ4v) is 2.09. The highest BCUT2D eigenvalue weighted by atomic mass is 79.9. The molecule has 0 bridgehead atoms. The molecule has 0 saturated heterocycles. The predicted octanol–water partition coefficient (Wildman–Crippen LogP) is 4.97. The monoisotopic (exact) mass is 437 g/mol. The summed E-state index contributed by atoms with van der Waals surface area (Å²) in [7, 11) is 0. The number of carbonyl (C=O) groups is 1. The van der Waals surface area contributed by atoms with Crippen LogP contribution in [0.1, 0.15) is 13.3 Å². The summed E-state index contributed by atoms with van der Waals surface area (Å²) in [6, 6.07) is 0.914. The van der Waals surface area contributed by atoms with E-state index in [0.29, 0.717) is 5.57 Å². The molecule has 10 heteroatoms. The molecule has 0 aliphatic rings. The van der Waals surface area contributed by atoms with Crippen LogP contribution in [0.4, 0.5) is 28.0 Å². The summed E-state index contributed by atoms with van der Waals surface area (Å²) >= 11 is 2.91. The lowest BCUT2D eigenvalue weighted by Crippen LogP contribution is -2.28. The van der Waals surface area contributed by atoms with Gasteiger partial charge in [0.25, 0.3) is 0 Å². The Hall–Kier alpha value is -2.36. The van der Waals surface area contributed by atoms with Crippen molar-refractivity contribution < 1.29 is 27.1 Å². The molecule has 5 nitrogen and oxygen atoms in total. The molecule has 0 aliphatic carbocycles. The van der Waals surface area contributed by atoms with Gasteiger partial charge in [0.05, 0.1) is 6.67 Å². The van der Waals surface area contributed by atoms with E-state index in [1.165, 1.54) is 6.08 Å². The standard InChI is InChI=1S/C16H16BrF4N3O2/c1-9(3-4-18)5-14(26-8-19)22-10(2)23-16(25)24-15-12(20)6-11(17)7-13(15)21/h5-7H,2-4,8H2,1H3,(H2,23,24,25)/b9-5+,22-14+. The van der Waals surface area contributed by atoms with E-state index in [-0.39, 0.29) is 22.6 Å². The molecular weight excluding hydrogens is 422 g/mol. The molecule has 0 fully saturated rings. The van der Waals surface area contributed by atoms with E-state index >= 15 is 0 Å². The Kier molecular flexibility index (Phi) is 8.83. The Labute approximate surface area is 156 Å². The van der Waals surface area contributed by atoms with Crippen LogP contribution in [0.5, 0.6) is 0 Å². The lowest BCUT2D eigenvalue weighted by molar-refractivity contribution is 0.181. The zero-order valence-corrected chi connectivity index (χ0v) is 15.3. The number of hydrogen-bond acceptors (Lipinski definition) is 3. The van der Waals surface area contributed by atoms with Crippen LogP contribution in [-0.2, 0) is 4.74 Å². The summed E-state index contributed by atoms with van der Waals surface area (Å²) in [6.45, 7) is 3.18. The SMILES string of the molecule is C=C(/N=C(\C=C(/C)CCF)OCF)NC(=O)Nc1c(F)cc(Br)cc1F. The van der Waals surface area contributed by atoms with E-state index in [9.17, 15) is 22.4 Å². The van der Waals surface area contributed by atoms with Crippen molar-refractivity contribution in [1.82, 2.24) is 5.32 Å². The number of alkyl halides is 2. The minimum Gasteiger partial charge on any atom is -0.446 e. The van der Waals surface area contributed by atoms with Gasteiger partial charge in [-0.25, -0.2) is 18.0 Å². The van der Waals surface area contributed by atoms with Gasteiger partial charge in [-0.3, -0.25) is 9.71 Å². The first-order valence-corrected chi connectivity index (χ1v) is 7.98. The van der Waals surface area contributed by atoms with Crippen molar-refractivity contribution in [2.24, 2.45) is 4.99 Å². The minimum atomic E-state index is -1.20. The highest BCUT2D eigenvalue weighted by Crippen LogP contribution is 2.23. The van der Waals surface area contributed by atoms with Crippen molar-refractivity contribution in [3.63, 3.8) is 0 Å². The molecule has 0 saturated carbocycles. The average Bonchev–Trinajstić information content (AvgIpc) is 2.51. The quantitative estimate of drug-likeness (QED) is 0.359. The molecule has 2 N–H and O–H groups in total. The third kappa shape index (κ3) is 7.26. The number of aliphatic imine (C=N–C) groups is 1. The largest absolute Gasteiger partial charge is 0.446 e. The normalized spacial score (nSPS) is 11.9. The molecule has 1 rings (SSSR count). The number of ether oxygens (including phenoxy) is 1. The molecule has 1 aromatic carbocycles. The molecule has 0 radical (unpaired) electrons. The number of nitrogens with one attached hydrogen (secondary N) is 2. The molecule has 0 unspecified atom stereocenters. The lowest BCUT2D eigenvalue weighted by atomic mass is 10.2. The molecule has 26 heavy (non-hydrogen) atoms. The zero-order valence-electron chi connectivity index (χ0n) is 13.7. The Morgan fingerprint density at radius 2 is 1.96 bits per heavy atom. The molecule has 0 spiro atoms. The number of rotatable bonds is 7. The van der Waals surface area contributed by atoms with Gasteiger partial charge in [-0.1, -0.05) is 28.1 Å². The third-order valence-electron chi connectivity index (χ3n) is 2.81. The topological polar surface area (TPSA) is 62.7 Å². The van der Waals surface area contributed by atoms with Crippen molar-refractivity contribution in [2.75, 3.05) is 18.9 Å². The fraction of sp³-hybridized carbons (Fsp3) is 0.250. The summed E-state index contributed by atoms with van der Waals surface area (Å²) in [5.74, 6) is -2.52. The number of carbonyl (C=O) groups excluding carboxylic acids is 1. The number of nitrogens with zero attached hydrogens (tertiary/aromatic N) is 1. The summed E-state index contributed by atoms with van der Waals surface area (Å²) in [4.78, 5) is 15.5. The van der Waals surface area contributed by atoms with Crippen molar-refractivity contribution in [3.05, 3.63) is 52.3 Å². The zero-order chi connectivity index (χ0) is 19.7. The second-order valence-electron chi connectivity index (χ2n) is 4.90. The molecular formula is C16H16BrF4N3O2. The maximum Gasteiger partial charge on any atom is 0.324 e. The van der Waals surface area contributed by atoms with Crippen molar-refractivity contribution in [3.8, 4) is 0 Å². The van der Waals surface area contributed by atoms with Crippen LogP contribution in [-0.4, -0.2) is 25.5 Å². The fourth-order valence-electron chi connectivity index (χ4n) is 1.69. The molecule has 0 heterocycles. The highest BCUT2D eigenvalue weighted by molar-refractivity contribution is 9.10. The van der Waals surface area contributed by atoms with Crippen LogP contribution < -0.4 is 10.6 Å². The highest BCUT2D eigenvalue weighted by Gasteiger charge is 2.14. The molecule has 2 amide bonds. The van der Waals surface area contributed by atoms with E-state index in [1.54, 1.807) is 6.92 Å². The van der Waals surface area contributed by atoms with Crippen LogP contribution in [0.2, 0.25) is 0 Å². The van der Waals surface area contributed by atoms with E-state index in [1.807, 2.05) is 5.32 Å². The Balaban J connectivity index is 2.82. The van der Waals surface area contributed by atoms with Gasteiger partial charge in [0.1, 0.15) is 11.5 Å². The van der Waals surface area contributed by atoms with E-state index in [2.05, 4.69) is 37.6 Å².